The highest BCUT2D eigenvalue weighted by molar-refractivity contribution is 5.91. The Labute approximate surface area is 147 Å². The number of carbonyl (C=O) groups excluding carboxylic acids is 2. The van der Waals surface area contributed by atoms with Crippen molar-refractivity contribution in [1.29, 1.82) is 0 Å². The smallest absolute Gasteiger partial charge is 0.343 e. The molecule has 25 heavy (non-hydrogen) atoms. The average molecular weight is 338 g/mol. The molecule has 4 nitrogen and oxygen atoms in total. The molecular weight excluding hydrogens is 316 g/mol. The first-order chi connectivity index (χ1) is 12.2. The van der Waals surface area contributed by atoms with Gasteiger partial charge in [0.05, 0.1) is 18.6 Å². The van der Waals surface area contributed by atoms with Crippen LogP contribution in [0, 0.1) is 0 Å². The van der Waals surface area contributed by atoms with Crippen molar-refractivity contribution in [3.63, 3.8) is 0 Å². The molecule has 2 aromatic rings. The molecule has 0 unspecified atom stereocenters. The highest BCUT2D eigenvalue weighted by Crippen LogP contribution is 2.30. The number of hydrogen-bond acceptors (Lipinski definition) is 4. The fourth-order valence-electron chi connectivity index (χ4n) is 3.15. The van der Waals surface area contributed by atoms with Crippen LogP contribution in [0.3, 0.4) is 0 Å². The maximum Gasteiger partial charge on any atom is 0.343 e. The quantitative estimate of drug-likeness (QED) is 0.613. The molecular formula is C21H22O4. The van der Waals surface area contributed by atoms with E-state index in [1.54, 1.807) is 31.2 Å². The molecule has 2 aromatic carbocycles. The Morgan fingerprint density at radius 2 is 1.68 bits per heavy atom. The number of carbonyl (C=O) groups is 2. The minimum atomic E-state index is -0.415. The lowest BCUT2D eigenvalue weighted by molar-refractivity contribution is -0.142. The molecule has 1 aliphatic rings. The zero-order valence-corrected chi connectivity index (χ0v) is 14.4. The summed E-state index contributed by atoms with van der Waals surface area (Å²) in [5, 5.41) is 0. The minimum Gasteiger partial charge on any atom is -0.466 e. The zero-order valence-electron chi connectivity index (χ0n) is 14.4. The first-order valence-electron chi connectivity index (χ1n) is 8.75. The van der Waals surface area contributed by atoms with E-state index in [1.807, 2.05) is 18.2 Å². The molecule has 0 heterocycles. The number of fused-ring (bicyclic) bond motifs is 1. The van der Waals surface area contributed by atoms with Gasteiger partial charge in [-0.25, -0.2) is 4.79 Å². The number of hydrogen-bond donors (Lipinski definition) is 0. The van der Waals surface area contributed by atoms with Crippen molar-refractivity contribution < 1.29 is 19.1 Å². The van der Waals surface area contributed by atoms with E-state index in [4.69, 9.17) is 9.47 Å². The maximum absolute atomic E-state index is 12.4. The third-order valence-electron chi connectivity index (χ3n) is 4.38. The van der Waals surface area contributed by atoms with Gasteiger partial charge in [-0.15, -0.1) is 0 Å². The minimum absolute atomic E-state index is 0.110. The second-order valence-electron chi connectivity index (χ2n) is 6.17. The number of benzene rings is 2. The van der Waals surface area contributed by atoms with Crippen molar-refractivity contribution in [2.24, 2.45) is 0 Å². The lowest BCUT2D eigenvalue weighted by Crippen LogP contribution is -2.14. The molecule has 0 saturated carbocycles. The van der Waals surface area contributed by atoms with Gasteiger partial charge >= 0.3 is 11.9 Å². The van der Waals surface area contributed by atoms with E-state index in [2.05, 4.69) is 0 Å². The van der Waals surface area contributed by atoms with Crippen LogP contribution in [-0.4, -0.2) is 18.5 Å². The molecule has 0 aromatic heterocycles. The largest absolute Gasteiger partial charge is 0.466 e. The highest BCUT2D eigenvalue weighted by Gasteiger charge is 2.19. The third-order valence-corrected chi connectivity index (χ3v) is 4.38. The summed E-state index contributed by atoms with van der Waals surface area (Å²) in [6.45, 7) is 2.12. The van der Waals surface area contributed by atoms with E-state index in [1.165, 1.54) is 11.1 Å². The van der Waals surface area contributed by atoms with Crippen LogP contribution >= 0.6 is 0 Å². The van der Waals surface area contributed by atoms with E-state index in [0.717, 1.165) is 25.7 Å². The summed E-state index contributed by atoms with van der Waals surface area (Å²) in [6, 6.07) is 12.8. The second kappa shape index (κ2) is 7.97. The van der Waals surface area contributed by atoms with Crippen LogP contribution in [0.5, 0.6) is 5.75 Å². The Kier molecular flexibility index (Phi) is 5.49. The maximum atomic E-state index is 12.4. The Bertz CT molecular complexity index is 765. The van der Waals surface area contributed by atoms with E-state index < -0.39 is 5.97 Å². The van der Waals surface area contributed by atoms with Crippen molar-refractivity contribution in [3.8, 4) is 5.75 Å². The van der Waals surface area contributed by atoms with E-state index in [0.29, 0.717) is 23.5 Å². The van der Waals surface area contributed by atoms with Crippen LogP contribution in [0.25, 0.3) is 0 Å². The van der Waals surface area contributed by atoms with Gasteiger partial charge in [-0.2, -0.15) is 0 Å². The van der Waals surface area contributed by atoms with E-state index >= 15 is 0 Å². The summed E-state index contributed by atoms with van der Waals surface area (Å²) >= 11 is 0. The van der Waals surface area contributed by atoms with E-state index in [9.17, 15) is 9.59 Å². The van der Waals surface area contributed by atoms with Gasteiger partial charge in [-0.1, -0.05) is 24.3 Å². The molecule has 130 valence electrons. The van der Waals surface area contributed by atoms with Crippen LogP contribution in [0.15, 0.2) is 42.5 Å². The standard InChI is InChI=1S/C21H22O4/c1-2-24-20(22)14-18-12-16-10-6-7-11-17(16)13-19(18)25-21(23)15-8-4-3-5-9-15/h3-5,8-9,12-13H,2,6-7,10-11,14H2,1H3. The van der Waals surface area contributed by atoms with Crippen molar-refractivity contribution in [2.75, 3.05) is 6.61 Å². The summed E-state index contributed by atoms with van der Waals surface area (Å²) in [6.07, 6.45) is 4.37. The molecule has 4 heteroatoms. The fraction of sp³-hybridized carbons (Fsp3) is 0.333. The predicted molar refractivity (Wildman–Crippen MR) is 94.8 cm³/mol. The lowest BCUT2D eigenvalue weighted by atomic mass is 9.89. The molecule has 0 radical (unpaired) electrons. The van der Waals surface area contributed by atoms with Gasteiger partial charge in [-0.05, 0) is 61.9 Å². The molecule has 0 N–H and O–H groups in total. The van der Waals surface area contributed by atoms with Gasteiger partial charge in [0.25, 0.3) is 0 Å². The Hall–Kier alpha value is -2.62. The number of ether oxygens (including phenoxy) is 2. The Morgan fingerprint density at radius 3 is 2.36 bits per heavy atom. The van der Waals surface area contributed by atoms with Crippen LogP contribution in [0.2, 0.25) is 0 Å². The SMILES string of the molecule is CCOC(=O)Cc1cc2c(cc1OC(=O)c1ccccc1)CCCC2. The lowest BCUT2D eigenvalue weighted by Gasteiger charge is -2.19. The number of aryl methyl sites for hydroxylation is 2. The predicted octanol–water partition coefficient (Wildman–Crippen LogP) is 3.89. The van der Waals surface area contributed by atoms with Crippen molar-refractivity contribution in [2.45, 2.75) is 39.0 Å². The molecule has 0 spiro atoms. The van der Waals surface area contributed by atoms with Gasteiger partial charge in [-0.3, -0.25) is 4.79 Å². The molecule has 1 aliphatic carbocycles. The first kappa shape index (κ1) is 17.2. The first-order valence-corrected chi connectivity index (χ1v) is 8.75. The summed E-state index contributed by atoms with van der Waals surface area (Å²) in [5.41, 5.74) is 3.64. The Morgan fingerprint density at radius 1 is 1.00 bits per heavy atom. The van der Waals surface area contributed by atoms with Crippen LogP contribution < -0.4 is 4.74 Å². The topological polar surface area (TPSA) is 52.6 Å². The molecule has 0 atom stereocenters. The van der Waals surface area contributed by atoms with Gasteiger partial charge in [0.1, 0.15) is 5.75 Å². The third kappa shape index (κ3) is 4.27. The molecule has 0 aliphatic heterocycles. The average Bonchev–Trinajstić information content (AvgIpc) is 2.63. The van der Waals surface area contributed by atoms with Crippen LogP contribution in [-0.2, 0) is 28.8 Å². The molecule has 0 fully saturated rings. The van der Waals surface area contributed by atoms with Gasteiger partial charge in [0, 0.05) is 5.56 Å². The van der Waals surface area contributed by atoms with Crippen molar-refractivity contribution >= 4 is 11.9 Å². The molecule has 0 saturated heterocycles. The summed E-state index contributed by atoms with van der Waals surface area (Å²) in [4.78, 5) is 24.3. The van der Waals surface area contributed by atoms with Gasteiger partial charge in [0.15, 0.2) is 0 Å². The van der Waals surface area contributed by atoms with Crippen LogP contribution in [0.1, 0.15) is 46.8 Å². The zero-order chi connectivity index (χ0) is 17.6. The van der Waals surface area contributed by atoms with Crippen molar-refractivity contribution in [1.82, 2.24) is 0 Å². The van der Waals surface area contributed by atoms with Gasteiger partial charge in [0.2, 0.25) is 0 Å². The van der Waals surface area contributed by atoms with E-state index in [-0.39, 0.29) is 12.4 Å². The number of esters is 2. The highest BCUT2D eigenvalue weighted by atomic mass is 16.5. The second-order valence-corrected chi connectivity index (χ2v) is 6.17. The van der Waals surface area contributed by atoms with Crippen LogP contribution in [0.4, 0.5) is 0 Å². The van der Waals surface area contributed by atoms with Crippen molar-refractivity contribution in [3.05, 3.63) is 64.7 Å². The summed E-state index contributed by atoms with van der Waals surface area (Å²) in [5.74, 6) is -0.265. The summed E-state index contributed by atoms with van der Waals surface area (Å²) in [7, 11) is 0. The molecule has 0 amide bonds. The van der Waals surface area contributed by atoms with Gasteiger partial charge < -0.3 is 9.47 Å². The monoisotopic (exact) mass is 338 g/mol. The summed E-state index contributed by atoms with van der Waals surface area (Å²) < 4.78 is 10.7. The number of rotatable bonds is 5. The molecule has 0 bridgehead atoms. The fourth-order valence-corrected chi connectivity index (χ4v) is 3.15. The normalized spacial score (nSPS) is 13.0. The Balaban J connectivity index is 1.89. The molecule has 3 rings (SSSR count).